The molecule has 0 unspecified atom stereocenters. The van der Waals surface area contributed by atoms with Crippen LogP contribution in [-0.4, -0.2) is 43.8 Å². The molecular weight excluding hydrogens is 438 g/mol. The highest BCUT2D eigenvalue weighted by Gasteiger charge is 2.14. The Hall–Kier alpha value is -2.97. The predicted octanol–water partition coefficient (Wildman–Crippen LogP) is 4.54. The quantitative estimate of drug-likeness (QED) is 0.294. The fourth-order valence-electron chi connectivity index (χ4n) is 3.08. The largest absolute Gasteiger partial charge is 0.493 e. The fraction of sp³-hybridized carbons (Fsp3) is 0.400. The molecule has 0 atom stereocenters. The van der Waals surface area contributed by atoms with E-state index in [1.807, 2.05) is 6.07 Å². The normalized spacial score (nSPS) is 10.4. The zero-order valence-electron chi connectivity index (χ0n) is 19.3. The molecule has 0 bridgehead atoms. The first-order chi connectivity index (χ1) is 16.0. The van der Waals surface area contributed by atoms with Crippen LogP contribution in [-0.2, 0) is 4.74 Å². The predicted molar refractivity (Wildman–Crippen MR) is 135 cm³/mol. The fourth-order valence-corrected chi connectivity index (χ4v) is 3.29. The van der Waals surface area contributed by atoms with Gasteiger partial charge in [0.1, 0.15) is 5.75 Å². The number of para-hydroxylation sites is 1. The van der Waals surface area contributed by atoms with Gasteiger partial charge in [0.15, 0.2) is 5.11 Å². The van der Waals surface area contributed by atoms with Crippen LogP contribution in [0, 0.1) is 0 Å². The molecule has 0 saturated heterocycles. The first-order valence-corrected chi connectivity index (χ1v) is 11.7. The smallest absolute Gasteiger partial charge is 0.261 e. The number of hydrogen-bond donors (Lipinski definition) is 3. The third-order valence-corrected chi connectivity index (χ3v) is 5.01. The van der Waals surface area contributed by atoms with Crippen molar-refractivity contribution < 1.29 is 19.1 Å². The Labute approximate surface area is 201 Å². The summed E-state index contributed by atoms with van der Waals surface area (Å²) >= 11 is 5.30. The molecule has 0 aromatic heterocycles. The summed E-state index contributed by atoms with van der Waals surface area (Å²) in [7, 11) is 1.62. The van der Waals surface area contributed by atoms with Gasteiger partial charge in [-0.25, -0.2) is 0 Å². The van der Waals surface area contributed by atoms with Gasteiger partial charge in [-0.3, -0.25) is 14.9 Å². The number of anilines is 1. The summed E-state index contributed by atoms with van der Waals surface area (Å²) in [5, 5.41) is 8.61. The summed E-state index contributed by atoms with van der Waals surface area (Å²) in [6.07, 6.45) is 5.11. The Bertz CT molecular complexity index is 920. The topological polar surface area (TPSA) is 88.7 Å². The summed E-state index contributed by atoms with van der Waals surface area (Å²) < 4.78 is 10.8. The van der Waals surface area contributed by atoms with Gasteiger partial charge in [0.25, 0.3) is 11.8 Å². The third kappa shape index (κ3) is 9.59. The van der Waals surface area contributed by atoms with Crippen LogP contribution in [0.1, 0.15) is 59.7 Å². The van der Waals surface area contributed by atoms with Gasteiger partial charge < -0.3 is 20.1 Å². The number of ether oxygens (including phenoxy) is 2. The van der Waals surface area contributed by atoms with E-state index in [1.165, 1.54) is 6.42 Å². The molecule has 0 aliphatic rings. The maximum atomic E-state index is 12.8. The van der Waals surface area contributed by atoms with Crippen LogP contribution in [0.3, 0.4) is 0 Å². The highest BCUT2D eigenvalue weighted by Crippen LogP contribution is 2.19. The van der Waals surface area contributed by atoms with Crippen molar-refractivity contribution in [3.05, 3.63) is 59.7 Å². The first-order valence-electron chi connectivity index (χ1n) is 11.3. The zero-order valence-corrected chi connectivity index (χ0v) is 20.1. The van der Waals surface area contributed by atoms with E-state index in [0.717, 1.165) is 25.7 Å². The summed E-state index contributed by atoms with van der Waals surface area (Å²) in [5.41, 5.74) is 1.51. The Morgan fingerprint density at radius 1 is 0.939 bits per heavy atom. The van der Waals surface area contributed by atoms with Crippen LogP contribution in [0.25, 0.3) is 0 Å². The van der Waals surface area contributed by atoms with Gasteiger partial charge >= 0.3 is 0 Å². The minimum absolute atomic E-state index is 0.135. The highest BCUT2D eigenvalue weighted by molar-refractivity contribution is 7.80. The van der Waals surface area contributed by atoms with Crippen LogP contribution >= 0.6 is 12.2 Å². The molecule has 33 heavy (non-hydrogen) atoms. The Morgan fingerprint density at radius 2 is 1.76 bits per heavy atom. The van der Waals surface area contributed by atoms with Crippen LogP contribution in [0.2, 0.25) is 0 Å². The van der Waals surface area contributed by atoms with Gasteiger partial charge in [0.2, 0.25) is 0 Å². The molecule has 0 fully saturated rings. The molecule has 2 aromatic carbocycles. The Balaban J connectivity index is 1.91. The number of thiocarbonyl (C=S) groups is 1. The average molecular weight is 472 g/mol. The maximum absolute atomic E-state index is 12.8. The third-order valence-electron chi connectivity index (χ3n) is 4.81. The lowest BCUT2D eigenvalue weighted by Crippen LogP contribution is -2.34. The van der Waals surface area contributed by atoms with Gasteiger partial charge in [-0.05, 0) is 55.4 Å². The van der Waals surface area contributed by atoms with E-state index in [4.69, 9.17) is 21.7 Å². The SMILES string of the molecule is CCCCCCOc1ccccc1C(=O)NC(=S)Nc1cccc(C(=O)NCCCOC)c1. The standard InChI is InChI=1S/C25H33N3O4S/c1-3-4-5-8-17-32-22-14-7-6-13-21(22)24(30)28-25(33)27-20-12-9-11-19(18-20)23(29)26-15-10-16-31-2/h6-7,9,11-14,18H,3-5,8,10,15-17H2,1-2H3,(H,26,29)(H2,27,28,30,33). The number of hydrogen-bond acceptors (Lipinski definition) is 5. The lowest BCUT2D eigenvalue weighted by molar-refractivity contribution is 0.0946. The lowest BCUT2D eigenvalue weighted by atomic mass is 10.2. The summed E-state index contributed by atoms with van der Waals surface area (Å²) in [5.74, 6) is -0.0140. The van der Waals surface area contributed by atoms with E-state index in [-0.39, 0.29) is 16.9 Å². The van der Waals surface area contributed by atoms with Crippen molar-refractivity contribution in [1.82, 2.24) is 10.6 Å². The number of carbonyl (C=O) groups is 2. The van der Waals surface area contributed by atoms with Crippen molar-refractivity contribution in [2.45, 2.75) is 39.0 Å². The number of benzene rings is 2. The van der Waals surface area contributed by atoms with Crippen LogP contribution in [0.5, 0.6) is 5.75 Å². The molecule has 2 aromatic rings. The molecule has 0 spiro atoms. The average Bonchev–Trinajstić information content (AvgIpc) is 2.82. The Kier molecular flexibility index (Phi) is 11.9. The molecule has 0 saturated carbocycles. The second-order valence-electron chi connectivity index (χ2n) is 7.50. The van der Waals surface area contributed by atoms with E-state index in [9.17, 15) is 9.59 Å². The van der Waals surface area contributed by atoms with Crippen LogP contribution < -0.4 is 20.7 Å². The monoisotopic (exact) mass is 471 g/mol. The number of nitrogens with one attached hydrogen (secondary N) is 3. The molecule has 2 rings (SSSR count). The Morgan fingerprint density at radius 3 is 2.55 bits per heavy atom. The van der Waals surface area contributed by atoms with Gasteiger partial charge in [0.05, 0.1) is 12.2 Å². The molecule has 7 nitrogen and oxygen atoms in total. The highest BCUT2D eigenvalue weighted by atomic mass is 32.1. The summed E-state index contributed by atoms with van der Waals surface area (Å²) in [6, 6.07) is 14.0. The zero-order chi connectivity index (χ0) is 23.9. The second-order valence-corrected chi connectivity index (χ2v) is 7.90. The number of rotatable bonds is 13. The van der Waals surface area contributed by atoms with Gasteiger partial charge in [-0.1, -0.05) is 44.4 Å². The van der Waals surface area contributed by atoms with E-state index < -0.39 is 0 Å². The number of carbonyl (C=O) groups excluding carboxylic acids is 2. The molecule has 0 aliphatic heterocycles. The molecule has 3 N–H and O–H groups in total. The molecule has 2 amide bonds. The van der Waals surface area contributed by atoms with Crippen molar-refractivity contribution in [3.8, 4) is 5.75 Å². The number of amides is 2. The van der Waals surface area contributed by atoms with Crippen molar-refractivity contribution in [2.24, 2.45) is 0 Å². The lowest BCUT2D eigenvalue weighted by Gasteiger charge is -2.13. The number of unbranched alkanes of at least 4 members (excludes halogenated alkanes) is 3. The molecule has 178 valence electrons. The van der Waals surface area contributed by atoms with Gasteiger partial charge in [-0.15, -0.1) is 0 Å². The van der Waals surface area contributed by atoms with Crippen LogP contribution in [0.15, 0.2) is 48.5 Å². The molecular formula is C25H33N3O4S. The molecule has 0 radical (unpaired) electrons. The minimum Gasteiger partial charge on any atom is -0.493 e. The maximum Gasteiger partial charge on any atom is 0.261 e. The van der Waals surface area contributed by atoms with Crippen molar-refractivity contribution in [2.75, 3.05) is 32.2 Å². The van der Waals surface area contributed by atoms with E-state index >= 15 is 0 Å². The van der Waals surface area contributed by atoms with Gasteiger partial charge in [0, 0.05) is 31.5 Å². The first kappa shape index (κ1) is 26.3. The van der Waals surface area contributed by atoms with Crippen molar-refractivity contribution >= 4 is 34.8 Å². The number of methoxy groups -OCH3 is 1. The molecule has 0 aliphatic carbocycles. The summed E-state index contributed by atoms with van der Waals surface area (Å²) in [4.78, 5) is 25.0. The van der Waals surface area contributed by atoms with E-state index in [1.54, 1.807) is 49.6 Å². The van der Waals surface area contributed by atoms with E-state index in [0.29, 0.717) is 42.3 Å². The molecule has 8 heteroatoms. The summed E-state index contributed by atoms with van der Waals surface area (Å²) in [6.45, 7) is 3.84. The van der Waals surface area contributed by atoms with Crippen LogP contribution in [0.4, 0.5) is 5.69 Å². The van der Waals surface area contributed by atoms with Crippen molar-refractivity contribution in [1.29, 1.82) is 0 Å². The van der Waals surface area contributed by atoms with Gasteiger partial charge in [-0.2, -0.15) is 0 Å². The van der Waals surface area contributed by atoms with Crippen molar-refractivity contribution in [3.63, 3.8) is 0 Å². The molecule has 0 heterocycles. The van der Waals surface area contributed by atoms with E-state index in [2.05, 4.69) is 22.9 Å². The second kappa shape index (κ2) is 15.0. The minimum atomic E-state index is -0.358.